The summed E-state index contributed by atoms with van der Waals surface area (Å²) >= 11 is 1.55. The van der Waals surface area contributed by atoms with Crippen LogP contribution in [0.1, 0.15) is 13.3 Å². The molecule has 0 aliphatic heterocycles. The van der Waals surface area contributed by atoms with Crippen LogP contribution in [-0.4, -0.2) is 59.3 Å². The Morgan fingerprint density at radius 1 is 1.42 bits per heavy atom. The van der Waals surface area contributed by atoms with E-state index in [0.717, 1.165) is 5.75 Å². The summed E-state index contributed by atoms with van der Waals surface area (Å²) in [5.41, 5.74) is 0. The minimum atomic E-state index is -4.63. The van der Waals surface area contributed by atoms with Crippen LogP contribution in [0, 0.1) is 0 Å². The Bertz CT molecular complexity index is 313. The van der Waals surface area contributed by atoms with Gasteiger partial charge in [-0.25, -0.2) is 4.79 Å². The summed E-state index contributed by atoms with van der Waals surface area (Å²) in [5.74, 6) is -0.740. The van der Waals surface area contributed by atoms with E-state index in [0.29, 0.717) is 6.42 Å². The van der Waals surface area contributed by atoms with E-state index in [1.54, 1.807) is 18.7 Å². The number of hydrogen-bond acceptors (Lipinski definition) is 3. The summed E-state index contributed by atoms with van der Waals surface area (Å²) in [7, 11) is 0. The van der Waals surface area contributed by atoms with Crippen LogP contribution in [0.4, 0.5) is 18.0 Å². The molecule has 0 aromatic rings. The van der Waals surface area contributed by atoms with Gasteiger partial charge in [0.25, 0.3) is 0 Å². The predicted molar refractivity (Wildman–Crippen MR) is 66.3 cm³/mol. The summed E-state index contributed by atoms with van der Waals surface area (Å²) in [5, 5.41) is 10.9. The Balaban J connectivity index is 4.49. The molecule has 0 aliphatic rings. The van der Waals surface area contributed by atoms with E-state index < -0.39 is 31.3 Å². The normalized spacial score (nSPS) is 12.9. The number of carboxylic acids is 1. The number of nitrogens with zero attached hydrogens (tertiary/aromatic N) is 1. The molecule has 0 spiro atoms. The number of hydrogen-bond donors (Lipinski definition) is 2. The molecule has 0 rings (SSSR count). The fraction of sp³-hybridized carbons (Fsp3) is 0.800. The third kappa shape index (κ3) is 9.46. The first-order valence-electron chi connectivity index (χ1n) is 5.48. The highest BCUT2D eigenvalue weighted by atomic mass is 32.2. The molecule has 112 valence electrons. The number of carbonyl (C=O) groups is 2. The minimum Gasteiger partial charge on any atom is -0.480 e. The highest BCUT2D eigenvalue weighted by Gasteiger charge is 2.34. The topological polar surface area (TPSA) is 69.6 Å². The van der Waals surface area contributed by atoms with Gasteiger partial charge in [-0.15, -0.1) is 0 Å². The average molecular weight is 302 g/mol. The molecule has 2 amide bonds. The summed E-state index contributed by atoms with van der Waals surface area (Å²) in [6.45, 7) is -0.915. The second-order valence-corrected chi connectivity index (χ2v) is 4.98. The predicted octanol–water partition coefficient (Wildman–Crippen LogP) is 1.79. The van der Waals surface area contributed by atoms with Gasteiger partial charge in [-0.1, -0.05) is 0 Å². The molecule has 0 fully saturated rings. The van der Waals surface area contributed by atoms with Crippen molar-refractivity contribution in [3.63, 3.8) is 0 Å². The van der Waals surface area contributed by atoms with Crippen molar-refractivity contribution in [2.24, 2.45) is 0 Å². The monoisotopic (exact) mass is 302 g/mol. The maximum atomic E-state index is 12.2. The Morgan fingerprint density at radius 3 is 2.42 bits per heavy atom. The number of carbonyl (C=O) groups excluding carboxylic acids is 1. The molecular formula is C10H17F3N2O3S. The second-order valence-electron chi connectivity index (χ2n) is 4.00. The Labute approximate surface area is 113 Å². The van der Waals surface area contributed by atoms with Gasteiger partial charge in [0.2, 0.25) is 0 Å². The number of urea groups is 1. The fourth-order valence-electron chi connectivity index (χ4n) is 1.25. The van der Waals surface area contributed by atoms with E-state index in [9.17, 15) is 22.8 Å². The van der Waals surface area contributed by atoms with E-state index in [-0.39, 0.29) is 10.9 Å². The first-order chi connectivity index (χ1) is 8.65. The lowest BCUT2D eigenvalue weighted by atomic mass is 10.2. The zero-order valence-electron chi connectivity index (χ0n) is 10.7. The van der Waals surface area contributed by atoms with Gasteiger partial charge < -0.3 is 15.3 Å². The summed E-state index contributed by atoms with van der Waals surface area (Å²) in [6.07, 6.45) is -2.16. The molecule has 0 aliphatic carbocycles. The van der Waals surface area contributed by atoms with Crippen LogP contribution in [0.5, 0.6) is 0 Å². The molecule has 0 aromatic carbocycles. The van der Waals surface area contributed by atoms with Crippen LogP contribution in [0.15, 0.2) is 0 Å². The second kappa shape index (κ2) is 8.13. The Hall–Kier alpha value is -1.12. The highest BCUT2D eigenvalue weighted by Crippen LogP contribution is 2.16. The minimum absolute atomic E-state index is 0.234. The molecular weight excluding hydrogens is 285 g/mol. The first-order valence-corrected chi connectivity index (χ1v) is 6.88. The molecule has 2 N–H and O–H groups in total. The van der Waals surface area contributed by atoms with Gasteiger partial charge in [-0.3, -0.25) is 4.79 Å². The number of carboxylic acid groups (broad SMARTS) is 1. The van der Waals surface area contributed by atoms with E-state index in [2.05, 4.69) is 5.32 Å². The molecule has 0 aromatic heterocycles. The van der Waals surface area contributed by atoms with Gasteiger partial charge in [-0.05, 0) is 25.4 Å². The summed E-state index contributed by atoms with van der Waals surface area (Å²) in [4.78, 5) is 22.3. The Kier molecular flexibility index (Phi) is 7.65. The smallest absolute Gasteiger partial charge is 0.406 e. The molecule has 0 radical (unpaired) electrons. The standard InChI is InChI=1S/C10H17F3N2O3S/c1-7(3-4-19-2)14-9(18)15(5-8(16)17)6-10(11,12)13/h7H,3-6H2,1-2H3,(H,14,18)(H,16,17). The zero-order valence-corrected chi connectivity index (χ0v) is 11.5. The number of amides is 2. The highest BCUT2D eigenvalue weighted by molar-refractivity contribution is 7.98. The van der Waals surface area contributed by atoms with Crippen LogP contribution in [0.2, 0.25) is 0 Å². The van der Waals surface area contributed by atoms with Crippen molar-refractivity contribution in [1.82, 2.24) is 10.2 Å². The maximum absolute atomic E-state index is 12.2. The molecule has 1 unspecified atom stereocenters. The molecule has 0 bridgehead atoms. The van der Waals surface area contributed by atoms with Crippen molar-refractivity contribution in [1.29, 1.82) is 0 Å². The maximum Gasteiger partial charge on any atom is 0.406 e. The largest absolute Gasteiger partial charge is 0.480 e. The lowest BCUT2D eigenvalue weighted by Crippen LogP contribution is -2.49. The number of rotatable bonds is 7. The zero-order chi connectivity index (χ0) is 15.1. The summed E-state index contributed by atoms with van der Waals surface area (Å²) < 4.78 is 36.7. The summed E-state index contributed by atoms with van der Waals surface area (Å²) in [6, 6.07) is -1.34. The average Bonchev–Trinajstić information content (AvgIpc) is 2.22. The number of aliphatic carboxylic acids is 1. The molecule has 0 saturated heterocycles. The fourth-order valence-corrected chi connectivity index (χ4v) is 1.84. The van der Waals surface area contributed by atoms with E-state index in [4.69, 9.17) is 5.11 Å². The van der Waals surface area contributed by atoms with Crippen LogP contribution in [0.25, 0.3) is 0 Å². The van der Waals surface area contributed by atoms with Crippen molar-refractivity contribution in [3.8, 4) is 0 Å². The van der Waals surface area contributed by atoms with E-state index >= 15 is 0 Å². The van der Waals surface area contributed by atoms with Crippen LogP contribution >= 0.6 is 11.8 Å². The van der Waals surface area contributed by atoms with E-state index in [1.807, 2.05) is 6.26 Å². The molecule has 19 heavy (non-hydrogen) atoms. The van der Waals surface area contributed by atoms with Gasteiger partial charge in [0.1, 0.15) is 13.1 Å². The molecule has 0 saturated carbocycles. The first kappa shape index (κ1) is 17.9. The molecule has 9 heteroatoms. The van der Waals surface area contributed by atoms with Crippen molar-refractivity contribution in [2.45, 2.75) is 25.6 Å². The van der Waals surface area contributed by atoms with Gasteiger partial charge in [0, 0.05) is 6.04 Å². The van der Waals surface area contributed by atoms with Gasteiger partial charge >= 0.3 is 18.2 Å². The molecule has 1 atom stereocenters. The van der Waals surface area contributed by atoms with Crippen LogP contribution in [-0.2, 0) is 4.79 Å². The third-order valence-electron chi connectivity index (χ3n) is 2.11. The van der Waals surface area contributed by atoms with Gasteiger partial charge in [0.05, 0.1) is 0 Å². The van der Waals surface area contributed by atoms with Crippen LogP contribution in [0.3, 0.4) is 0 Å². The third-order valence-corrected chi connectivity index (χ3v) is 2.75. The molecule has 0 heterocycles. The quantitative estimate of drug-likeness (QED) is 0.752. The van der Waals surface area contributed by atoms with Crippen molar-refractivity contribution in [2.75, 3.05) is 25.1 Å². The van der Waals surface area contributed by atoms with Crippen molar-refractivity contribution in [3.05, 3.63) is 0 Å². The van der Waals surface area contributed by atoms with E-state index in [1.165, 1.54) is 0 Å². The van der Waals surface area contributed by atoms with Gasteiger partial charge in [-0.2, -0.15) is 24.9 Å². The van der Waals surface area contributed by atoms with Crippen molar-refractivity contribution >= 4 is 23.8 Å². The lowest BCUT2D eigenvalue weighted by molar-refractivity contribution is -0.149. The number of halogens is 3. The van der Waals surface area contributed by atoms with Crippen LogP contribution < -0.4 is 5.32 Å². The number of thioether (sulfide) groups is 1. The molecule has 5 nitrogen and oxygen atoms in total. The Morgan fingerprint density at radius 2 is 2.00 bits per heavy atom. The SMILES string of the molecule is CSCCC(C)NC(=O)N(CC(=O)O)CC(F)(F)F. The lowest BCUT2D eigenvalue weighted by Gasteiger charge is -2.24. The van der Waals surface area contributed by atoms with Gasteiger partial charge in [0.15, 0.2) is 0 Å². The number of nitrogens with one attached hydrogen (secondary N) is 1. The number of alkyl halides is 3. The van der Waals surface area contributed by atoms with Crippen molar-refractivity contribution < 1.29 is 27.9 Å².